The maximum atomic E-state index is 12.9. The highest BCUT2D eigenvalue weighted by Gasteiger charge is 2.43. The molecule has 4 nitrogen and oxygen atoms in total. The summed E-state index contributed by atoms with van der Waals surface area (Å²) < 4.78 is 0. The lowest BCUT2D eigenvalue weighted by Gasteiger charge is -2.39. The van der Waals surface area contributed by atoms with Crippen molar-refractivity contribution in [1.29, 1.82) is 0 Å². The largest absolute Gasteiger partial charge is 0.340 e. The number of likely N-dealkylation sites (tertiary alicyclic amines) is 1. The Hall–Kier alpha value is -1.39. The van der Waals surface area contributed by atoms with Crippen molar-refractivity contribution in [2.45, 2.75) is 50.1 Å². The number of hydrogen-bond donors (Lipinski definition) is 2. The van der Waals surface area contributed by atoms with Crippen molar-refractivity contribution < 1.29 is 4.79 Å². The average Bonchev–Trinajstić information content (AvgIpc) is 2.89. The van der Waals surface area contributed by atoms with Crippen molar-refractivity contribution in [3.63, 3.8) is 0 Å². The molecule has 1 saturated heterocycles. The number of nitrogens with zero attached hydrogens (tertiary/aromatic N) is 1. The molecule has 4 N–H and O–H groups in total. The van der Waals surface area contributed by atoms with E-state index in [1.54, 1.807) is 0 Å². The monoisotopic (exact) mass is 301 g/mol. The van der Waals surface area contributed by atoms with Crippen LogP contribution < -0.4 is 11.5 Å². The van der Waals surface area contributed by atoms with Crippen LogP contribution in [0.4, 0.5) is 0 Å². The van der Waals surface area contributed by atoms with Crippen LogP contribution in [-0.4, -0.2) is 35.5 Å². The third-order valence-electron chi connectivity index (χ3n) is 5.46. The Bertz CT molecular complexity index is 528. The summed E-state index contributed by atoms with van der Waals surface area (Å²) in [6.45, 7) is 3.39. The summed E-state index contributed by atoms with van der Waals surface area (Å²) in [6, 6.07) is 10.3. The number of nitrogens with two attached hydrogens (primary N) is 2. The van der Waals surface area contributed by atoms with E-state index in [2.05, 4.69) is 12.1 Å². The zero-order valence-electron chi connectivity index (χ0n) is 13.4. The third-order valence-corrected chi connectivity index (χ3v) is 5.46. The molecule has 2 fully saturated rings. The third kappa shape index (κ3) is 2.90. The molecule has 2 aliphatic rings. The van der Waals surface area contributed by atoms with E-state index in [1.165, 1.54) is 5.56 Å². The summed E-state index contributed by atoms with van der Waals surface area (Å²) in [5.74, 6) is 0.388. The predicted molar refractivity (Wildman–Crippen MR) is 88.3 cm³/mol. The number of carbonyl (C=O) groups excluding carboxylic acids is 1. The molecule has 1 saturated carbocycles. The predicted octanol–water partition coefficient (Wildman–Crippen LogP) is 1.85. The number of carbonyl (C=O) groups is 1. The normalized spacial score (nSPS) is 35.6. The fraction of sp³-hybridized carbons (Fsp3) is 0.611. The second-order valence-corrected chi connectivity index (χ2v) is 7.23. The molecule has 4 atom stereocenters. The van der Waals surface area contributed by atoms with Crippen LogP contribution in [0.25, 0.3) is 0 Å². The Labute approximate surface area is 132 Å². The van der Waals surface area contributed by atoms with Gasteiger partial charge < -0.3 is 16.4 Å². The SMILES string of the molecule is CC1(N)CCCCC1C(=O)N1C[C@@H](N)[C@H](c2ccccc2)C1. The van der Waals surface area contributed by atoms with Crippen molar-refractivity contribution in [1.82, 2.24) is 4.90 Å². The first kappa shape index (κ1) is 15.5. The molecule has 1 amide bonds. The number of amides is 1. The molecule has 1 aliphatic carbocycles. The molecule has 0 radical (unpaired) electrons. The summed E-state index contributed by atoms with van der Waals surface area (Å²) in [6.07, 6.45) is 4.08. The van der Waals surface area contributed by atoms with Crippen molar-refractivity contribution in [3.05, 3.63) is 35.9 Å². The van der Waals surface area contributed by atoms with E-state index in [0.29, 0.717) is 6.54 Å². The Morgan fingerprint density at radius 3 is 2.64 bits per heavy atom. The zero-order valence-corrected chi connectivity index (χ0v) is 13.4. The van der Waals surface area contributed by atoms with Crippen molar-refractivity contribution >= 4 is 5.91 Å². The van der Waals surface area contributed by atoms with Crippen LogP contribution in [-0.2, 0) is 4.79 Å². The van der Waals surface area contributed by atoms with Gasteiger partial charge in [-0.1, -0.05) is 43.2 Å². The van der Waals surface area contributed by atoms with Crippen LogP contribution in [0, 0.1) is 5.92 Å². The highest BCUT2D eigenvalue weighted by molar-refractivity contribution is 5.81. The van der Waals surface area contributed by atoms with Gasteiger partial charge in [-0.15, -0.1) is 0 Å². The van der Waals surface area contributed by atoms with Gasteiger partial charge in [0.05, 0.1) is 5.92 Å². The molecule has 1 aromatic rings. The molecule has 1 aliphatic heterocycles. The molecule has 0 aromatic heterocycles. The van der Waals surface area contributed by atoms with Crippen molar-refractivity contribution in [3.8, 4) is 0 Å². The van der Waals surface area contributed by atoms with E-state index in [-0.39, 0.29) is 29.3 Å². The maximum absolute atomic E-state index is 12.9. The van der Waals surface area contributed by atoms with Crippen molar-refractivity contribution in [2.24, 2.45) is 17.4 Å². The van der Waals surface area contributed by atoms with E-state index in [0.717, 1.165) is 32.2 Å². The molecule has 120 valence electrons. The zero-order chi connectivity index (χ0) is 15.7. The Balaban J connectivity index is 1.72. The van der Waals surface area contributed by atoms with Gasteiger partial charge in [0.25, 0.3) is 0 Å². The second kappa shape index (κ2) is 6.01. The van der Waals surface area contributed by atoms with Gasteiger partial charge >= 0.3 is 0 Å². The number of benzene rings is 1. The van der Waals surface area contributed by atoms with Crippen LogP contribution in [0.1, 0.15) is 44.1 Å². The maximum Gasteiger partial charge on any atom is 0.227 e. The molecule has 3 rings (SSSR count). The van der Waals surface area contributed by atoms with Crippen LogP contribution in [0.15, 0.2) is 30.3 Å². The standard InChI is InChI=1S/C18H27N3O/c1-18(20)10-6-5-9-15(18)17(22)21-11-14(16(19)12-21)13-7-3-2-4-8-13/h2-4,7-8,14-16H,5-6,9-12,19-20H2,1H3/t14-,15?,16+,18?/m0/s1. The summed E-state index contributed by atoms with van der Waals surface area (Å²) in [5, 5.41) is 0. The average molecular weight is 301 g/mol. The summed E-state index contributed by atoms with van der Waals surface area (Å²) in [7, 11) is 0. The Morgan fingerprint density at radius 2 is 1.95 bits per heavy atom. The smallest absolute Gasteiger partial charge is 0.227 e. The van der Waals surface area contributed by atoms with Crippen LogP contribution >= 0.6 is 0 Å². The van der Waals surface area contributed by atoms with Crippen LogP contribution in [0.5, 0.6) is 0 Å². The van der Waals surface area contributed by atoms with E-state index in [9.17, 15) is 4.79 Å². The topological polar surface area (TPSA) is 72.4 Å². The Morgan fingerprint density at radius 1 is 1.23 bits per heavy atom. The van der Waals surface area contributed by atoms with Gasteiger partial charge in [-0.3, -0.25) is 4.79 Å². The van der Waals surface area contributed by atoms with E-state index in [1.807, 2.05) is 30.0 Å². The highest BCUT2D eigenvalue weighted by atomic mass is 16.2. The molecule has 1 heterocycles. The first-order valence-corrected chi connectivity index (χ1v) is 8.37. The van der Waals surface area contributed by atoms with Crippen LogP contribution in [0.2, 0.25) is 0 Å². The molecule has 0 bridgehead atoms. The number of rotatable bonds is 2. The van der Waals surface area contributed by atoms with Gasteiger partial charge in [-0.05, 0) is 25.3 Å². The molecule has 0 spiro atoms. The Kier molecular flexibility index (Phi) is 4.24. The lowest BCUT2D eigenvalue weighted by atomic mass is 9.74. The van der Waals surface area contributed by atoms with E-state index in [4.69, 9.17) is 11.5 Å². The summed E-state index contributed by atoms with van der Waals surface area (Å²) >= 11 is 0. The first-order valence-electron chi connectivity index (χ1n) is 8.37. The molecule has 22 heavy (non-hydrogen) atoms. The van der Waals surface area contributed by atoms with Gasteiger partial charge in [0, 0.05) is 30.6 Å². The lowest BCUT2D eigenvalue weighted by molar-refractivity contribution is -0.137. The fourth-order valence-corrected chi connectivity index (χ4v) is 4.05. The van der Waals surface area contributed by atoms with Crippen molar-refractivity contribution in [2.75, 3.05) is 13.1 Å². The quantitative estimate of drug-likeness (QED) is 0.875. The highest BCUT2D eigenvalue weighted by Crippen LogP contribution is 2.35. The lowest BCUT2D eigenvalue weighted by Crippen LogP contribution is -2.53. The van der Waals surface area contributed by atoms with Gasteiger partial charge in [-0.25, -0.2) is 0 Å². The second-order valence-electron chi connectivity index (χ2n) is 7.23. The summed E-state index contributed by atoms with van der Waals surface area (Å²) in [4.78, 5) is 14.9. The minimum Gasteiger partial charge on any atom is -0.340 e. The van der Waals surface area contributed by atoms with E-state index >= 15 is 0 Å². The first-order chi connectivity index (χ1) is 10.5. The van der Waals surface area contributed by atoms with E-state index < -0.39 is 0 Å². The van der Waals surface area contributed by atoms with Gasteiger partial charge in [-0.2, -0.15) is 0 Å². The fourth-order valence-electron chi connectivity index (χ4n) is 4.05. The van der Waals surface area contributed by atoms with Gasteiger partial charge in [0.15, 0.2) is 0 Å². The molecule has 1 aromatic carbocycles. The molecular formula is C18H27N3O. The number of hydrogen-bond acceptors (Lipinski definition) is 3. The minimum absolute atomic E-state index is 0.0129. The van der Waals surface area contributed by atoms with Crippen LogP contribution in [0.3, 0.4) is 0 Å². The summed E-state index contributed by atoms with van der Waals surface area (Å²) in [5.41, 5.74) is 13.6. The van der Waals surface area contributed by atoms with Gasteiger partial charge in [0.2, 0.25) is 5.91 Å². The molecular weight excluding hydrogens is 274 g/mol. The molecule has 4 heteroatoms. The van der Waals surface area contributed by atoms with Gasteiger partial charge in [0.1, 0.15) is 0 Å². The molecule has 2 unspecified atom stereocenters. The minimum atomic E-state index is -0.371.